The summed E-state index contributed by atoms with van der Waals surface area (Å²) < 4.78 is 11.6. The van der Waals surface area contributed by atoms with Gasteiger partial charge in [0.15, 0.2) is 5.60 Å². The Morgan fingerprint density at radius 2 is 1.95 bits per heavy atom. The number of primary amides is 1. The lowest BCUT2D eigenvalue weighted by Gasteiger charge is -2.25. The van der Waals surface area contributed by atoms with Crippen LogP contribution in [0.1, 0.15) is 71.3 Å². The molecule has 2 aliphatic rings. The molecular weight excluding hydrogens is 570 g/mol. The lowest BCUT2D eigenvalue weighted by Crippen LogP contribution is -2.34. The van der Waals surface area contributed by atoms with Crippen LogP contribution in [0.4, 0.5) is 10.6 Å². The molecule has 2 aliphatic heterocycles. The number of aromatic nitrogens is 4. The predicted molar refractivity (Wildman–Crippen MR) is 157 cm³/mol. The maximum absolute atomic E-state index is 14.0. The topological polar surface area (TPSA) is 158 Å². The van der Waals surface area contributed by atoms with Crippen molar-refractivity contribution in [3.8, 4) is 11.5 Å². The summed E-state index contributed by atoms with van der Waals surface area (Å²) in [7, 11) is 0. The van der Waals surface area contributed by atoms with Crippen LogP contribution in [0.2, 0.25) is 0 Å². The third-order valence-corrected chi connectivity index (χ3v) is 8.71. The average Bonchev–Trinajstić information content (AvgIpc) is 3.80. The first-order chi connectivity index (χ1) is 20.7. The zero-order chi connectivity index (χ0) is 30.1. The number of hydrogen-bond acceptors (Lipinski definition) is 10. The number of rotatable bonds is 8. The van der Waals surface area contributed by atoms with Crippen LogP contribution in [0, 0.1) is 6.92 Å². The molecular formula is C30H31N7O5S. The lowest BCUT2D eigenvalue weighted by atomic mass is 9.96. The summed E-state index contributed by atoms with van der Waals surface area (Å²) in [5, 5.41) is 11.3. The van der Waals surface area contributed by atoms with E-state index >= 15 is 0 Å². The fourth-order valence-corrected chi connectivity index (χ4v) is 6.58. The predicted octanol–water partition coefficient (Wildman–Crippen LogP) is 4.55. The van der Waals surface area contributed by atoms with E-state index < -0.39 is 11.7 Å². The number of pyridine rings is 1. The average molecular weight is 602 g/mol. The molecule has 0 aliphatic carbocycles. The van der Waals surface area contributed by atoms with Gasteiger partial charge in [-0.3, -0.25) is 14.5 Å². The van der Waals surface area contributed by atoms with Crippen molar-refractivity contribution in [1.82, 2.24) is 25.1 Å². The van der Waals surface area contributed by atoms with E-state index in [2.05, 4.69) is 20.2 Å². The first-order valence-electron chi connectivity index (χ1n) is 14.1. The highest BCUT2D eigenvalue weighted by atomic mass is 32.1. The molecule has 2 N–H and O–H groups in total. The first kappa shape index (κ1) is 28.5. The third-order valence-electron chi connectivity index (χ3n) is 7.65. The second-order valence-electron chi connectivity index (χ2n) is 11.0. The first-order valence-corrected chi connectivity index (χ1v) is 15.0. The number of likely N-dealkylation sites (tertiary alicyclic amines) is 1. The molecule has 13 heteroatoms. The van der Waals surface area contributed by atoms with Crippen LogP contribution >= 0.6 is 11.3 Å². The van der Waals surface area contributed by atoms with E-state index in [4.69, 9.17) is 14.9 Å². The SMILES string of the molecule is Cc1csc([C@H]2CCCN2C(=O)c2cc(-c3nnc([C@@](C)(Cc4ccccc4)OC(N)=O)o3)cc(N3CCCC3=O)n2)n1. The number of nitrogens with zero attached hydrogens (tertiary/aromatic N) is 6. The number of carbonyl (C=O) groups is 3. The zero-order valence-electron chi connectivity index (χ0n) is 23.9. The van der Waals surface area contributed by atoms with Gasteiger partial charge in [0.05, 0.1) is 6.04 Å². The highest BCUT2D eigenvalue weighted by Crippen LogP contribution is 2.36. The molecule has 222 valence electrons. The summed E-state index contributed by atoms with van der Waals surface area (Å²) in [5.74, 6) is 0.115. The van der Waals surface area contributed by atoms with Crippen molar-refractivity contribution in [1.29, 1.82) is 0 Å². The van der Waals surface area contributed by atoms with Crippen molar-refractivity contribution in [2.45, 2.75) is 57.6 Å². The van der Waals surface area contributed by atoms with E-state index in [0.29, 0.717) is 37.3 Å². The molecule has 4 aromatic rings. The van der Waals surface area contributed by atoms with Crippen LogP contribution in [0.15, 0.2) is 52.3 Å². The van der Waals surface area contributed by atoms with Gasteiger partial charge >= 0.3 is 6.09 Å². The van der Waals surface area contributed by atoms with E-state index in [1.54, 1.807) is 40.2 Å². The molecule has 2 atom stereocenters. The molecule has 0 radical (unpaired) electrons. The third kappa shape index (κ3) is 5.85. The molecule has 0 saturated carbocycles. The summed E-state index contributed by atoms with van der Waals surface area (Å²) in [6.07, 6.45) is 2.00. The van der Waals surface area contributed by atoms with E-state index in [-0.39, 0.29) is 41.8 Å². The second kappa shape index (κ2) is 11.6. The van der Waals surface area contributed by atoms with Crippen LogP contribution < -0.4 is 10.6 Å². The molecule has 1 aromatic carbocycles. The number of hydrogen-bond donors (Lipinski definition) is 1. The molecule has 2 saturated heterocycles. The fraction of sp³-hybridized carbons (Fsp3) is 0.367. The van der Waals surface area contributed by atoms with Crippen LogP contribution in [-0.4, -0.2) is 56.1 Å². The second-order valence-corrected chi connectivity index (χ2v) is 11.8. The number of amides is 3. The smallest absolute Gasteiger partial charge is 0.405 e. The van der Waals surface area contributed by atoms with Gasteiger partial charge < -0.3 is 19.8 Å². The van der Waals surface area contributed by atoms with Crippen molar-refractivity contribution < 1.29 is 23.5 Å². The van der Waals surface area contributed by atoms with Crippen molar-refractivity contribution in [3.63, 3.8) is 0 Å². The molecule has 6 rings (SSSR count). The minimum atomic E-state index is -1.35. The van der Waals surface area contributed by atoms with Crippen LogP contribution in [-0.2, 0) is 21.6 Å². The van der Waals surface area contributed by atoms with Gasteiger partial charge in [0.25, 0.3) is 11.8 Å². The summed E-state index contributed by atoms with van der Waals surface area (Å²) in [4.78, 5) is 51.1. The number of ether oxygens (including phenoxy) is 1. The van der Waals surface area contributed by atoms with Crippen LogP contribution in [0.5, 0.6) is 0 Å². The Labute approximate surface area is 251 Å². The number of thiazole rings is 1. The van der Waals surface area contributed by atoms with Gasteiger partial charge in [0.2, 0.25) is 11.8 Å². The number of aryl methyl sites for hydroxylation is 1. The summed E-state index contributed by atoms with van der Waals surface area (Å²) >= 11 is 1.54. The highest BCUT2D eigenvalue weighted by molar-refractivity contribution is 7.09. The summed E-state index contributed by atoms with van der Waals surface area (Å²) in [5.41, 5.74) is 6.42. The van der Waals surface area contributed by atoms with E-state index in [0.717, 1.165) is 29.1 Å². The Kier molecular flexibility index (Phi) is 7.65. The highest BCUT2D eigenvalue weighted by Gasteiger charge is 2.38. The standard InChI is InChI=1S/C30H31N7O5S/c1-18-17-43-26(32-18)22-10-6-12-36(22)27(39)21-14-20(15-23(33-21)37-13-7-11-24(37)38)25-34-35-28(41-25)30(2,42-29(31)40)16-19-8-4-3-5-9-19/h3-5,8-9,14-15,17,22H,6-7,10-13,16H2,1-2H3,(H2,31,40)/t22-,30-/m1/s1. The van der Waals surface area contributed by atoms with Crippen molar-refractivity contribution in [2.24, 2.45) is 5.73 Å². The van der Waals surface area contributed by atoms with E-state index in [1.165, 1.54) is 0 Å². The monoisotopic (exact) mass is 601 g/mol. The molecule has 3 amide bonds. The summed E-state index contributed by atoms with van der Waals surface area (Å²) in [6, 6.07) is 12.5. The maximum Gasteiger partial charge on any atom is 0.405 e. The normalized spacial score (nSPS) is 18.2. The number of carbonyl (C=O) groups excluding carboxylic acids is 3. The van der Waals surface area contributed by atoms with Gasteiger partial charge in [-0.05, 0) is 50.8 Å². The Morgan fingerprint density at radius 3 is 2.65 bits per heavy atom. The number of anilines is 1. The molecule has 0 spiro atoms. The quantitative estimate of drug-likeness (QED) is 0.306. The van der Waals surface area contributed by atoms with Crippen molar-refractivity contribution in [2.75, 3.05) is 18.0 Å². The van der Waals surface area contributed by atoms with Gasteiger partial charge in [-0.2, -0.15) is 0 Å². The van der Waals surface area contributed by atoms with Gasteiger partial charge in [0, 0.05) is 42.6 Å². The zero-order valence-corrected chi connectivity index (χ0v) is 24.7. The van der Waals surface area contributed by atoms with Gasteiger partial charge in [0.1, 0.15) is 16.5 Å². The summed E-state index contributed by atoms with van der Waals surface area (Å²) in [6.45, 7) is 4.64. The van der Waals surface area contributed by atoms with Crippen LogP contribution in [0.25, 0.3) is 11.5 Å². The Balaban J connectivity index is 1.37. The molecule has 0 bridgehead atoms. The van der Waals surface area contributed by atoms with Crippen molar-refractivity contribution in [3.05, 3.63) is 75.7 Å². The van der Waals surface area contributed by atoms with Gasteiger partial charge in [-0.15, -0.1) is 21.5 Å². The lowest BCUT2D eigenvalue weighted by molar-refractivity contribution is -0.117. The maximum atomic E-state index is 14.0. The Morgan fingerprint density at radius 1 is 1.14 bits per heavy atom. The molecule has 5 heterocycles. The Hall–Kier alpha value is -4.65. The van der Waals surface area contributed by atoms with Crippen LogP contribution in [0.3, 0.4) is 0 Å². The number of nitrogens with two attached hydrogens (primary N) is 1. The largest absolute Gasteiger partial charge is 0.433 e. The minimum absolute atomic E-state index is 0.0346. The molecule has 43 heavy (non-hydrogen) atoms. The molecule has 0 unspecified atom stereocenters. The number of benzene rings is 1. The molecule has 3 aromatic heterocycles. The van der Waals surface area contributed by atoms with E-state index in [9.17, 15) is 14.4 Å². The molecule has 12 nitrogen and oxygen atoms in total. The van der Waals surface area contributed by atoms with Gasteiger partial charge in [-0.25, -0.2) is 14.8 Å². The van der Waals surface area contributed by atoms with Gasteiger partial charge in [-0.1, -0.05) is 30.3 Å². The molecule has 2 fully saturated rings. The Bertz CT molecular complexity index is 1670. The van der Waals surface area contributed by atoms with Crippen molar-refractivity contribution >= 4 is 35.1 Å². The van der Waals surface area contributed by atoms with E-state index in [1.807, 2.05) is 42.6 Å². The fourth-order valence-electron chi connectivity index (χ4n) is 5.63. The minimum Gasteiger partial charge on any atom is -0.433 e.